The minimum absolute atomic E-state index is 0. The predicted molar refractivity (Wildman–Crippen MR) is 105 cm³/mol. The number of benzene rings is 1. The molecule has 4 heteroatoms. The number of carboxylic acids is 1. The van der Waals surface area contributed by atoms with Crippen LogP contribution in [0.3, 0.4) is 0 Å². The first kappa shape index (κ1) is 23.3. The number of carbonyl (C=O) groups is 1. The Morgan fingerprint density at radius 2 is 1.86 bits per heavy atom. The van der Waals surface area contributed by atoms with E-state index in [0.717, 1.165) is 17.9 Å². The van der Waals surface area contributed by atoms with E-state index in [2.05, 4.69) is 11.8 Å². The molecule has 0 saturated heterocycles. The Morgan fingerprint density at radius 3 is 2.50 bits per heavy atom. The van der Waals surface area contributed by atoms with Crippen LogP contribution in [0.4, 0.5) is 0 Å². The maximum atomic E-state index is 10.9. The molecular weight excluding hydrogens is 359 g/mol. The fraction of sp³-hybridized carbons (Fsp3) is 0.625. The van der Waals surface area contributed by atoms with Crippen LogP contribution in [0.2, 0.25) is 0 Å². The monoisotopic (exact) mass is 390 g/mol. The van der Waals surface area contributed by atoms with Gasteiger partial charge in [-0.05, 0) is 68.1 Å². The molecule has 0 aliphatic heterocycles. The molecule has 3 rings (SSSR count). The third kappa shape index (κ3) is 6.55. The topological polar surface area (TPSA) is 49.4 Å². The number of rotatable bonds is 6. The first-order valence-electron chi connectivity index (χ1n) is 10.5. The number of hydrogen-bond acceptors (Lipinski definition) is 3. The van der Waals surface area contributed by atoms with E-state index in [-0.39, 0.29) is 41.9 Å². The molecule has 0 bridgehead atoms. The van der Waals surface area contributed by atoms with Crippen LogP contribution >= 0.6 is 0 Å². The van der Waals surface area contributed by atoms with E-state index in [4.69, 9.17) is 4.74 Å². The average molecular weight is 390 g/mol. The van der Waals surface area contributed by atoms with E-state index in [1.807, 2.05) is 24.3 Å². The quantitative estimate of drug-likeness (QED) is 0.546. The minimum Gasteiger partial charge on any atom is -0.550 e. The number of carbonyl (C=O) groups excluding carboxylic acids is 1. The van der Waals surface area contributed by atoms with Gasteiger partial charge in [0, 0.05) is 12.4 Å². The fourth-order valence-electron chi connectivity index (χ4n) is 5.08. The van der Waals surface area contributed by atoms with Crippen molar-refractivity contribution < 1.29 is 44.2 Å². The van der Waals surface area contributed by atoms with Crippen molar-refractivity contribution in [2.75, 3.05) is 6.61 Å². The zero-order valence-electron chi connectivity index (χ0n) is 17.5. The standard InChI is InChI=1S/C24H32O3.Na/c1-2-7-21(16-23(25)26)20-9-11-22(12-10-20)27-18-19-8-6-15-24(17-19)13-4-3-5-14-24;/h9-12,19,21H,3-6,8,13-18H2,1H3,(H,25,26);/q;+1/p-1/t19?,21-;/m0./s1. The van der Waals surface area contributed by atoms with Crippen molar-refractivity contribution >= 4 is 5.97 Å². The summed E-state index contributed by atoms with van der Waals surface area (Å²) in [5, 5.41) is 10.9. The summed E-state index contributed by atoms with van der Waals surface area (Å²) in [6.07, 6.45) is 12.3. The maximum absolute atomic E-state index is 10.9. The SMILES string of the molecule is CC#C[C@@H](CC(=O)[O-])c1ccc(OCC2CCCC3(CCCCC3)C2)cc1.[Na+]. The molecule has 2 aliphatic carbocycles. The van der Waals surface area contributed by atoms with Gasteiger partial charge in [0.25, 0.3) is 0 Å². The van der Waals surface area contributed by atoms with Crippen LogP contribution in [0.5, 0.6) is 5.75 Å². The van der Waals surface area contributed by atoms with Gasteiger partial charge in [-0.3, -0.25) is 0 Å². The van der Waals surface area contributed by atoms with Crippen molar-refractivity contribution in [3.05, 3.63) is 29.8 Å². The second-order valence-corrected chi connectivity index (χ2v) is 8.43. The minimum atomic E-state index is -1.07. The van der Waals surface area contributed by atoms with Crippen LogP contribution in [0.25, 0.3) is 0 Å². The Morgan fingerprint density at radius 1 is 1.18 bits per heavy atom. The molecule has 146 valence electrons. The molecule has 2 fully saturated rings. The second kappa shape index (κ2) is 11.3. The number of hydrogen-bond donors (Lipinski definition) is 0. The van der Waals surface area contributed by atoms with E-state index in [1.165, 1.54) is 57.8 Å². The van der Waals surface area contributed by atoms with Crippen molar-refractivity contribution in [2.45, 2.75) is 77.0 Å². The normalized spacial score (nSPS) is 21.7. The van der Waals surface area contributed by atoms with Crippen molar-refractivity contribution in [2.24, 2.45) is 11.3 Å². The first-order chi connectivity index (χ1) is 13.1. The van der Waals surface area contributed by atoms with Crippen molar-refractivity contribution in [1.29, 1.82) is 0 Å². The van der Waals surface area contributed by atoms with Gasteiger partial charge in [-0.2, -0.15) is 0 Å². The van der Waals surface area contributed by atoms with E-state index in [9.17, 15) is 9.90 Å². The Balaban J connectivity index is 0.00000280. The molecule has 0 heterocycles. The zero-order chi connectivity index (χ0) is 19.1. The van der Waals surface area contributed by atoms with Gasteiger partial charge in [0.15, 0.2) is 0 Å². The predicted octanol–water partition coefficient (Wildman–Crippen LogP) is 1.46. The molecule has 0 N–H and O–H groups in total. The molecule has 1 unspecified atom stereocenters. The maximum Gasteiger partial charge on any atom is 1.00 e. The van der Waals surface area contributed by atoms with Gasteiger partial charge < -0.3 is 14.6 Å². The summed E-state index contributed by atoms with van der Waals surface area (Å²) in [4.78, 5) is 10.9. The van der Waals surface area contributed by atoms with Gasteiger partial charge in [-0.25, -0.2) is 0 Å². The van der Waals surface area contributed by atoms with Gasteiger partial charge in [-0.15, -0.1) is 5.92 Å². The summed E-state index contributed by atoms with van der Waals surface area (Å²) in [5.74, 6) is 5.89. The van der Waals surface area contributed by atoms with Crippen molar-refractivity contribution in [1.82, 2.24) is 0 Å². The molecule has 0 aromatic heterocycles. The molecule has 2 atom stereocenters. The first-order valence-corrected chi connectivity index (χ1v) is 10.5. The fourth-order valence-corrected chi connectivity index (χ4v) is 5.08. The van der Waals surface area contributed by atoms with Crippen LogP contribution in [0, 0.1) is 23.2 Å². The van der Waals surface area contributed by atoms with Crippen LogP contribution in [-0.2, 0) is 4.79 Å². The molecule has 3 nitrogen and oxygen atoms in total. The third-order valence-corrected chi connectivity index (χ3v) is 6.41. The molecule has 1 aromatic carbocycles. The van der Waals surface area contributed by atoms with Crippen LogP contribution in [0.1, 0.15) is 82.6 Å². The average Bonchev–Trinajstić information content (AvgIpc) is 2.67. The van der Waals surface area contributed by atoms with Gasteiger partial charge >= 0.3 is 29.6 Å². The van der Waals surface area contributed by atoms with Crippen molar-refractivity contribution in [3.8, 4) is 17.6 Å². The van der Waals surface area contributed by atoms with E-state index in [1.54, 1.807) is 6.92 Å². The molecule has 0 radical (unpaired) electrons. The summed E-state index contributed by atoms with van der Waals surface area (Å²) in [5.41, 5.74) is 1.50. The Hall–Kier alpha value is -0.950. The van der Waals surface area contributed by atoms with Gasteiger partial charge in [0.1, 0.15) is 5.75 Å². The van der Waals surface area contributed by atoms with Crippen LogP contribution in [0.15, 0.2) is 24.3 Å². The van der Waals surface area contributed by atoms with E-state index >= 15 is 0 Å². The van der Waals surface area contributed by atoms with E-state index < -0.39 is 5.97 Å². The number of aliphatic carboxylic acids is 1. The molecule has 2 aliphatic rings. The van der Waals surface area contributed by atoms with E-state index in [0.29, 0.717) is 11.3 Å². The Kier molecular flexibility index (Phi) is 9.41. The summed E-state index contributed by atoms with van der Waals surface area (Å²) < 4.78 is 6.09. The van der Waals surface area contributed by atoms with Crippen LogP contribution in [-0.4, -0.2) is 12.6 Å². The molecular formula is C24H31NaO3. The summed E-state index contributed by atoms with van der Waals surface area (Å²) >= 11 is 0. The third-order valence-electron chi connectivity index (χ3n) is 6.41. The molecule has 1 aromatic rings. The van der Waals surface area contributed by atoms with Gasteiger partial charge in [-0.1, -0.05) is 43.7 Å². The second-order valence-electron chi connectivity index (χ2n) is 8.43. The number of carboxylic acid groups (broad SMARTS) is 1. The molecule has 28 heavy (non-hydrogen) atoms. The zero-order valence-corrected chi connectivity index (χ0v) is 19.5. The molecule has 1 spiro atoms. The van der Waals surface area contributed by atoms with Gasteiger partial charge in [0.05, 0.1) is 12.5 Å². The number of ether oxygens (including phenoxy) is 1. The Labute approximate surface area is 191 Å². The summed E-state index contributed by atoms with van der Waals surface area (Å²) in [6.45, 7) is 2.52. The largest absolute Gasteiger partial charge is 1.00 e. The Bertz CT molecular complexity index is 675. The van der Waals surface area contributed by atoms with Crippen molar-refractivity contribution in [3.63, 3.8) is 0 Å². The van der Waals surface area contributed by atoms with Crippen LogP contribution < -0.4 is 39.4 Å². The van der Waals surface area contributed by atoms with Gasteiger partial charge in [0.2, 0.25) is 0 Å². The summed E-state index contributed by atoms with van der Waals surface area (Å²) in [6, 6.07) is 7.73. The smallest absolute Gasteiger partial charge is 0.550 e. The summed E-state index contributed by atoms with van der Waals surface area (Å²) in [7, 11) is 0. The molecule has 2 saturated carbocycles. The molecule has 0 amide bonds.